The molecule has 0 aliphatic carbocycles. The van der Waals surface area contributed by atoms with Crippen LogP contribution in [0.3, 0.4) is 0 Å². The van der Waals surface area contributed by atoms with Gasteiger partial charge in [0.25, 0.3) is 0 Å². The minimum absolute atomic E-state index is 0.0535. The highest BCUT2D eigenvalue weighted by atomic mass is 32.2. The molecule has 0 aromatic heterocycles. The Morgan fingerprint density at radius 2 is 2.00 bits per heavy atom. The van der Waals surface area contributed by atoms with Gasteiger partial charge in [0, 0.05) is 12.3 Å². The maximum Gasteiger partial charge on any atom is 0.337 e. The first-order chi connectivity index (χ1) is 9.93. The fourth-order valence-electron chi connectivity index (χ4n) is 1.65. The topological polar surface area (TPSA) is 55.4 Å². The summed E-state index contributed by atoms with van der Waals surface area (Å²) in [6.45, 7) is 6.72. The average Bonchev–Trinajstić information content (AvgIpc) is 2.49. The van der Waals surface area contributed by atoms with E-state index in [2.05, 4.69) is 19.2 Å². The molecule has 0 radical (unpaired) electrons. The molecule has 1 rings (SSSR count). The van der Waals surface area contributed by atoms with E-state index in [4.69, 9.17) is 4.74 Å². The van der Waals surface area contributed by atoms with Crippen LogP contribution in [0.4, 0.5) is 0 Å². The molecule has 0 aliphatic rings. The van der Waals surface area contributed by atoms with Gasteiger partial charge in [-0.2, -0.15) is 0 Å². The Kier molecular flexibility index (Phi) is 7.29. The number of rotatable bonds is 7. The first kappa shape index (κ1) is 17.6. The van der Waals surface area contributed by atoms with E-state index in [1.54, 1.807) is 23.9 Å². The molecule has 4 nitrogen and oxygen atoms in total. The monoisotopic (exact) mass is 309 g/mol. The van der Waals surface area contributed by atoms with Crippen LogP contribution in [0.25, 0.3) is 0 Å². The molecular formula is C16H23NO3S. The first-order valence-electron chi connectivity index (χ1n) is 7.00. The van der Waals surface area contributed by atoms with Gasteiger partial charge in [-0.1, -0.05) is 26.0 Å². The summed E-state index contributed by atoms with van der Waals surface area (Å²) in [7, 11) is 1.37. The molecule has 1 N–H and O–H groups in total. The minimum Gasteiger partial charge on any atom is -0.465 e. The largest absolute Gasteiger partial charge is 0.465 e. The van der Waals surface area contributed by atoms with E-state index < -0.39 is 0 Å². The van der Waals surface area contributed by atoms with Crippen molar-refractivity contribution in [2.75, 3.05) is 13.7 Å². The number of carbonyl (C=O) groups is 2. The van der Waals surface area contributed by atoms with E-state index in [0.717, 1.165) is 5.56 Å². The standard InChI is InChI=1S/C16H23NO3S/c1-11(2)9-17-15(18)12(3)21-10-13-6-5-7-14(8-13)16(19)20-4/h5-8,11-12H,9-10H2,1-4H3,(H,17,18)/t12-/m0/s1. The summed E-state index contributed by atoms with van der Waals surface area (Å²) in [5.74, 6) is 0.839. The summed E-state index contributed by atoms with van der Waals surface area (Å²) < 4.78 is 4.70. The number of esters is 1. The highest BCUT2D eigenvalue weighted by Gasteiger charge is 2.14. The van der Waals surface area contributed by atoms with Gasteiger partial charge in [-0.25, -0.2) is 4.79 Å². The second-order valence-electron chi connectivity index (χ2n) is 5.28. The van der Waals surface area contributed by atoms with E-state index in [0.29, 0.717) is 23.8 Å². The second-order valence-corrected chi connectivity index (χ2v) is 6.61. The van der Waals surface area contributed by atoms with Gasteiger partial charge in [0.05, 0.1) is 17.9 Å². The Labute approximate surface area is 130 Å². The Hall–Kier alpha value is -1.49. The Balaban J connectivity index is 2.51. The maximum absolute atomic E-state index is 11.9. The van der Waals surface area contributed by atoms with Crippen molar-refractivity contribution in [2.45, 2.75) is 31.8 Å². The Morgan fingerprint density at radius 1 is 1.29 bits per heavy atom. The summed E-state index contributed by atoms with van der Waals surface area (Å²) in [6, 6.07) is 7.29. The van der Waals surface area contributed by atoms with Crippen LogP contribution < -0.4 is 5.32 Å². The second kappa shape index (κ2) is 8.72. The third-order valence-corrected chi connectivity index (χ3v) is 4.12. The summed E-state index contributed by atoms with van der Waals surface area (Å²) in [5, 5.41) is 2.80. The third kappa shape index (κ3) is 6.21. The van der Waals surface area contributed by atoms with Crippen molar-refractivity contribution < 1.29 is 14.3 Å². The Bertz CT molecular complexity index is 488. The van der Waals surface area contributed by atoms with Gasteiger partial charge >= 0.3 is 5.97 Å². The molecule has 0 saturated carbocycles. The molecule has 1 atom stereocenters. The highest BCUT2D eigenvalue weighted by Crippen LogP contribution is 2.19. The molecule has 1 aromatic carbocycles. The van der Waals surface area contributed by atoms with Gasteiger partial charge in [-0.05, 0) is 30.5 Å². The van der Waals surface area contributed by atoms with Crippen molar-refractivity contribution in [1.29, 1.82) is 0 Å². The van der Waals surface area contributed by atoms with Gasteiger partial charge in [-0.3, -0.25) is 4.79 Å². The first-order valence-corrected chi connectivity index (χ1v) is 8.05. The molecule has 1 aromatic rings. The smallest absolute Gasteiger partial charge is 0.337 e. The lowest BCUT2D eigenvalue weighted by molar-refractivity contribution is -0.120. The molecular weight excluding hydrogens is 286 g/mol. The number of methoxy groups -OCH3 is 1. The summed E-state index contributed by atoms with van der Waals surface area (Å²) in [5.41, 5.74) is 1.54. The molecule has 0 saturated heterocycles. The van der Waals surface area contributed by atoms with Gasteiger partial charge in [-0.15, -0.1) is 11.8 Å². The van der Waals surface area contributed by atoms with Crippen LogP contribution in [-0.2, 0) is 15.3 Å². The van der Waals surface area contributed by atoms with Gasteiger partial charge in [0.2, 0.25) is 5.91 Å². The average molecular weight is 309 g/mol. The lowest BCUT2D eigenvalue weighted by atomic mass is 10.1. The van der Waals surface area contributed by atoms with Crippen LogP contribution in [0.15, 0.2) is 24.3 Å². The Morgan fingerprint density at radius 3 is 2.62 bits per heavy atom. The summed E-state index contributed by atoms with van der Waals surface area (Å²) in [6.07, 6.45) is 0. The molecule has 116 valence electrons. The molecule has 0 aliphatic heterocycles. The summed E-state index contributed by atoms with van der Waals surface area (Å²) in [4.78, 5) is 23.4. The third-order valence-electron chi connectivity index (χ3n) is 2.90. The minimum atomic E-state index is -0.343. The number of ether oxygens (including phenoxy) is 1. The van der Waals surface area contributed by atoms with Crippen LogP contribution in [0.5, 0.6) is 0 Å². The van der Waals surface area contributed by atoms with Crippen molar-refractivity contribution in [3.05, 3.63) is 35.4 Å². The summed E-state index contributed by atoms with van der Waals surface area (Å²) >= 11 is 1.55. The fraction of sp³-hybridized carbons (Fsp3) is 0.500. The lowest BCUT2D eigenvalue weighted by Gasteiger charge is -2.13. The number of nitrogens with one attached hydrogen (secondary N) is 1. The molecule has 0 fully saturated rings. The zero-order valence-corrected chi connectivity index (χ0v) is 13.8. The van der Waals surface area contributed by atoms with Crippen molar-refractivity contribution in [1.82, 2.24) is 5.32 Å². The number of hydrogen-bond acceptors (Lipinski definition) is 4. The zero-order chi connectivity index (χ0) is 15.8. The predicted molar refractivity (Wildman–Crippen MR) is 86.4 cm³/mol. The molecule has 0 heterocycles. The van der Waals surface area contributed by atoms with E-state index in [1.807, 2.05) is 19.1 Å². The fourth-order valence-corrected chi connectivity index (χ4v) is 2.51. The van der Waals surface area contributed by atoms with Crippen molar-refractivity contribution in [3.63, 3.8) is 0 Å². The molecule has 0 spiro atoms. The number of amides is 1. The molecule has 21 heavy (non-hydrogen) atoms. The van der Waals surface area contributed by atoms with Crippen molar-refractivity contribution in [3.8, 4) is 0 Å². The maximum atomic E-state index is 11.9. The lowest BCUT2D eigenvalue weighted by Crippen LogP contribution is -2.33. The molecule has 0 bridgehead atoms. The quantitative estimate of drug-likeness (QED) is 0.787. The van der Waals surface area contributed by atoms with E-state index in [9.17, 15) is 9.59 Å². The highest BCUT2D eigenvalue weighted by molar-refractivity contribution is 7.99. The van der Waals surface area contributed by atoms with Crippen molar-refractivity contribution >= 4 is 23.6 Å². The number of thioether (sulfide) groups is 1. The predicted octanol–water partition coefficient (Wildman–Crippen LogP) is 2.87. The van der Waals surface area contributed by atoms with Crippen LogP contribution in [0, 0.1) is 5.92 Å². The van der Waals surface area contributed by atoms with Gasteiger partial charge in [0.15, 0.2) is 0 Å². The van der Waals surface area contributed by atoms with Crippen molar-refractivity contribution in [2.24, 2.45) is 5.92 Å². The normalized spacial score (nSPS) is 12.0. The van der Waals surface area contributed by atoms with Crippen LogP contribution in [0.2, 0.25) is 0 Å². The van der Waals surface area contributed by atoms with E-state index in [1.165, 1.54) is 7.11 Å². The van der Waals surface area contributed by atoms with Crippen LogP contribution in [-0.4, -0.2) is 30.8 Å². The van der Waals surface area contributed by atoms with Gasteiger partial charge in [0.1, 0.15) is 0 Å². The van der Waals surface area contributed by atoms with Gasteiger partial charge < -0.3 is 10.1 Å². The number of carbonyl (C=O) groups excluding carboxylic acids is 2. The number of hydrogen-bond donors (Lipinski definition) is 1. The number of benzene rings is 1. The molecule has 0 unspecified atom stereocenters. The zero-order valence-electron chi connectivity index (χ0n) is 13.0. The van der Waals surface area contributed by atoms with E-state index >= 15 is 0 Å². The van der Waals surface area contributed by atoms with Crippen LogP contribution >= 0.6 is 11.8 Å². The SMILES string of the molecule is COC(=O)c1cccc(CS[C@@H](C)C(=O)NCC(C)C)c1. The molecule has 1 amide bonds. The van der Waals surface area contributed by atoms with E-state index in [-0.39, 0.29) is 17.1 Å². The molecule has 5 heteroatoms. The van der Waals surface area contributed by atoms with Crippen LogP contribution in [0.1, 0.15) is 36.7 Å².